The zero-order chi connectivity index (χ0) is 13.9. The van der Waals surface area contributed by atoms with Gasteiger partial charge in [0.2, 0.25) is 0 Å². The zero-order valence-electron chi connectivity index (χ0n) is 10.8. The van der Waals surface area contributed by atoms with Gasteiger partial charge in [-0.2, -0.15) is 0 Å². The van der Waals surface area contributed by atoms with E-state index < -0.39 is 0 Å². The Balaban J connectivity index is 2.15. The van der Waals surface area contributed by atoms with Crippen molar-refractivity contribution in [2.45, 2.75) is 25.3 Å². The van der Waals surface area contributed by atoms with Crippen LogP contribution in [0.3, 0.4) is 0 Å². The van der Waals surface area contributed by atoms with Gasteiger partial charge in [0.1, 0.15) is 0 Å². The van der Waals surface area contributed by atoms with E-state index in [1.165, 1.54) is 0 Å². The van der Waals surface area contributed by atoms with E-state index in [9.17, 15) is 4.79 Å². The number of benzene rings is 1. The molecule has 0 atom stereocenters. The molecule has 3 nitrogen and oxygen atoms in total. The molecule has 1 aliphatic rings. The molecule has 0 bridgehead atoms. The molecule has 104 valence electrons. The molecule has 19 heavy (non-hydrogen) atoms. The monoisotopic (exact) mass is 301 g/mol. The SMILES string of the molecule is Cc1cc(Cl)ccc1C(=O)NC1(CCl)CCOCC1. The van der Waals surface area contributed by atoms with Crippen LogP contribution in [-0.2, 0) is 4.74 Å². The summed E-state index contributed by atoms with van der Waals surface area (Å²) >= 11 is 11.9. The van der Waals surface area contributed by atoms with E-state index in [2.05, 4.69) is 5.32 Å². The van der Waals surface area contributed by atoms with Gasteiger partial charge in [0.25, 0.3) is 5.91 Å². The highest BCUT2D eigenvalue weighted by Gasteiger charge is 2.33. The number of aryl methyl sites for hydroxylation is 1. The molecule has 2 rings (SSSR count). The van der Waals surface area contributed by atoms with Crippen LogP contribution in [0.5, 0.6) is 0 Å². The molecule has 0 spiro atoms. The predicted molar refractivity (Wildman–Crippen MR) is 77.2 cm³/mol. The number of rotatable bonds is 3. The van der Waals surface area contributed by atoms with Crippen LogP contribution in [0.4, 0.5) is 0 Å². The van der Waals surface area contributed by atoms with Crippen molar-refractivity contribution in [3.63, 3.8) is 0 Å². The van der Waals surface area contributed by atoms with Gasteiger partial charge in [-0.05, 0) is 43.5 Å². The summed E-state index contributed by atoms with van der Waals surface area (Å²) in [5.41, 5.74) is 1.14. The third-order valence-electron chi connectivity index (χ3n) is 3.52. The predicted octanol–water partition coefficient (Wildman–Crippen LogP) is 3.17. The topological polar surface area (TPSA) is 38.3 Å². The Morgan fingerprint density at radius 3 is 2.68 bits per heavy atom. The van der Waals surface area contributed by atoms with Crippen LogP contribution in [0.25, 0.3) is 0 Å². The van der Waals surface area contributed by atoms with Gasteiger partial charge >= 0.3 is 0 Å². The number of hydrogen-bond acceptors (Lipinski definition) is 2. The molecule has 0 aliphatic carbocycles. The molecule has 0 saturated carbocycles. The van der Waals surface area contributed by atoms with Crippen LogP contribution in [0.2, 0.25) is 5.02 Å². The molecule has 1 aromatic rings. The minimum absolute atomic E-state index is 0.100. The minimum Gasteiger partial charge on any atom is -0.381 e. The number of halogens is 2. The second kappa shape index (κ2) is 6.12. The number of nitrogens with one attached hydrogen (secondary N) is 1. The average molecular weight is 302 g/mol. The Hall–Kier alpha value is -0.770. The van der Waals surface area contributed by atoms with E-state index in [0.29, 0.717) is 29.7 Å². The van der Waals surface area contributed by atoms with Crippen LogP contribution in [0, 0.1) is 6.92 Å². The van der Waals surface area contributed by atoms with Crippen molar-refractivity contribution in [1.29, 1.82) is 0 Å². The highest BCUT2D eigenvalue weighted by atomic mass is 35.5. The number of alkyl halides is 1. The fourth-order valence-electron chi connectivity index (χ4n) is 2.24. The van der Waals surface area contributed by atoms with E-state index in [4.69, 9.17) is 27.9 Å². The Kier molecular flexibility index (Phi) is 4.71. The van der Waals surface area contributed by atoms with Gasteiger partial charge in [-0.3, -0.25) is 4.79 Å². The van der Waals surface area contributed by atoms with Gasteiger partial charge in [-0.25, -0.2) is 0 Å². The van der Waals surface area contributed by atoms with Gasteiger partial charge in [0, 0.05) is 29.7 Å². The van der Waals surface area contributed by atoms with Crippen molar-refractivity contribution in [1.82, 2.24) is 5.32 Å². The lowest BCUT2D eigenvalue weighted by Gasteiger charge is -2.36. The second-order valence-electron chi connectivity index (χ2n) is 4.94. The first kappa shape index (κ1) is 14.6. The zero-order valence-corrected chi connectivity index (χ0v) is 12.4. The number of amides is 1. The fraction of sp³-hybridized carbons (Fsp3) is 0.500. The first-order chi connectivity index (χ1) is 9.06. The maximum atomic E-state index is 12.4. The van der Waals surface area contributed by atoms with Crippen molar-refractivity contribution >= 4 is 29.1 Å². The van der Waals surface area contributed by atoms with E-state index >= 15 is 0 Å². The van der Waals surface area contributed by atoms with Crippen LogP contribution in [0.1, 0.15) is 28.8 Å². The second-order valence-corrected chi connectivity index (χ2v) is 5.64. The summed E-state index contributed by atoms with van der Waals surface area (Å²) in [7, 11) is 0. The highest BCUT2D eigenvalue weighted by Crippen LogP contribution is 2.24. The lowest BCUT2D eigenvalue weighted by atomic mass is 9.91. The number of carbonyl (C=O) groups is 1. The van der Waals surface area contributed by atoms with E-state index in [1.807, 2.05) is 6.92 Å². The van der Waals surface area contributed by atoms with Crippen molar-refractivity contribution in [3.05, 3.63) is 34.3 Å². The molecule has 0 unspecified atom stereocenters. The number of hydrogen-bond donors (Lipinski definition) is 1. The molecule has 5 heteroatoms. The summed E-state index contributed by atoms with van der Waals surface area (Å²) in [6.45, 7) is 3.14. The van der Waals surface area contributed by atoms with E-state index in [0.717, 1.165) is 18.4 Å². The summed E-state index contributed by atoms with van der Waals surface area (Å²) < 4.78 is 5.33. The maximum Gasteiger partial charge on any atom is 0.252 e. The molecular weight excluding hydrogens is 285 g/mol. The van der Waals surface area contributed by atoms with E-state index in [-0.39, 0.29) is 11.4 Å². The lowest BCUT2D eigenvalue weighted by molar-refractivity contribution is 0.0433. The minimum atomic E-state index is -0.358. The largest absolute Gasteiger partial charge is 0.381 e. The van der Waals surface area contributed by atoms with Crippen molar-refractivity contribution in [2.24, 2.45) is 0 Å². The van der Waals surface area contributed by atoms with Crippen LogP contribution in [0.15, 0.2) is 18.2 Å². The Bertz CT molecular complexity index is 471. The van der Waals surface area contributed by atoms with Gasteiger partial charge in [-0.15, -0.1) is 11.6 Å². The first-order valence-corrected chi connectivity index (χ1v) is 7.20. The molecule has 1 aliphatic heterocycles. The summed E-state index contributed by atoms with van der Waals surface area (Å²) in [5.74, 6) is 0.297. The van der Waals surface area contributed by atoms with Gasteiger partial charge in [0.15, 0.2) is 0 Å². The van der Waals surface area contributed by atoms with Gasteiger partial charge in [0.05, 0.1) is 5.54 Å². The molecular formula is C14H17Cl2NO2. The molecule has 1 heterocycles. The quantitative estimate of drug-likeness (QED) is 0.871. The van der Waals surface area contributed by atoms with Crippen molar-refractivity contribution in [2.75, 3.05) is 19.1 Å². The molecule has 1 aromatic carbocycles. The van der Waals surface area contributed by atoms with Crippen LogP contribution < -0.4 is 5.32 Å². The van der Waals surface area contributed by atoms with Crippen molar-refractivity contribution in [3.8, 4) is 0 Å². The summed E-state index contributed by atoms with van der Waals surface area (Å²) in [6.07, 6.45) is 1.49. The normalized spacial score (nSPS) is 18.1. The summed E-state index contributed by atoms with van der Waals surface area (Å²) in [6, 6.07) is 5.25. The fourth-order valence-corrected chi connectivity index (χ4v) is 2.80. The molecule has 0 radical (unpaired) electrons. The van der Waals surface area contributed by atoms with Gasteiger partial charge < -0.3 is 10.1 Å². The Morgan fingerprint density at radius 2 is 2.11 bits per heavy atom. The molecule has 1 N–H and O–H groups in total. The smallest absolute Gasteiger partial charge is 0.252 e. The molecule has 1 amide bonds. The third kappa shape index (κ3) is 3.41. The molecule has 0 aromatic heterocycles. The number of ether oxygens (including phenoxy) is 1. The lowest BCUT2D eigenvalue weighted by Crippen LogP contribution is -2.53. The van der Waals surface area contributed by atoms with Crippen LogP contribution >= 0.6 is 23.2 Å². The van der Waals surface area contributed by atoms with Crippen LogP contribution in [-0.4, -0.2) is 30.5 Å². The van der Waals surface area contributed by atoms with Crippen molar-refractivity contribution < 1.29 is 9.53 Å². The van der Waals surface area contributed by atoms with Gasteiger partial charge in [-0.1, -0.05) is 11.6 Å². The summed E-state index contributed by atoms with van der Waals surface area (Å²) in [4.78, 5) is 12.4. The van der Waals surface area contributed by atoms with E-state index in [1.54, 1.807) is 18.2 Å². The third-order valence-corrected chi connectivity index (χ3v) is 4.26. The Morgan fingerprint density at radius 1 is 1.42 bits per heavy atom. The average Bonchev–Trinajstić information content (AvgIpc) is 2.39. The highest BCUT2D eigenvalue weighted by molar-refractivity contribution is 6.30. The maximum absolute atomic E-state index is 12.4. The summed E-state index contributed by atoms with van der Waals surface area (Å²) in [5, 5.41) is 3.70. The first-order valence-electron chi connectivity index (χ1n) is 6.29. The molecule has 1 fully saturated rings. The standard InChI is InChI=1S/C14H17Cl2NO2/c1-10-8-11(16)2-3-12(10)13(18)17-14(9-15)4-6-19-7-5-14/h2-3,8H,4-7,9H2,1H3,(H,17,18). The number of carbonyl (C=O) groups excluding carboxylic acids is 1. The molecule has 1 saturated heterocycles. The Labute approximate surface area is 123 Å².